The van der Waals surface area contributed by atoms with Crippen LogP contribution in [0.3, 0.4) is 0 Å². The van der Waals surface area contributed by atoms with Gasteiger partial charge in [-0.1, -0.05) is 54.1 Å². The number of aliphatic hydroxyl groups is 1. The van der Waals surface area contributed by atoms with Crippen molar-refractivity contribution in [3.8, 4) is 22.5 Å². The van der Waals surface area contributed by atoms with Crippen molar-refractivity contribution in [2.45, 2.75) is 6.54 Å². The van der Waals surface area contributed by atoms with Gasteiger partial charge in [0.2, 0.25) is 0 Å². The van der Waals surface area contributed by atoms with E-state index in [9.17, 15) is 14.7 Å². The van der Waals surface area contributed by atoms with Crippen LogP contribution < -0.4 is 10.9 Å². The van der Waals surface area contributed by atoms with E-state index in [1.54, 1.807) is 24.3 Å². The first-order valence-corrected chi connectivity index (χ1v) is 9.97. The van der Waals surface area contributed by atoms with Gasteiger partial charge in [0.05, 0.1) is 18.8 Å². The number of halogens is 1. The second-order valence-electron chi connectivity index (χ2n) is 6.80. The van der Waals surface area contributed by atoms with Crippen LogP contribution >= 0.6 is 11.6 Å². The first-order valence-electron chi connectivity index (χ1n) is 9.60. The van der Waals surface area contributed by atoms with Gasteiger partial charge in [-0.3, -0.25) is 9.59 Å². The molecule has 0 aliphatic carbocycles. The number of aliphatic hydroxyl groups excluding tert-OH is 1. The fraction of sp³-hybridized carbons (Fsp3) is 0.0870. The molecule has 7 nitrogen and oxygen atoms in total. The molecule has 0 fully saturated rings. The number of anilines is 1. The molecule has 4 aromatic rings. The summed E-state index contributed by atoms with van der Waals surface area (Å²) in [4.78, 5) is 28.0. The van der Waals surface area contributed by atoms with Crippen molar-refractivity contribution >= 4 is 23.3 Å². The number of carbonyl (C=O) groups excluding carboxylic acids is 1. The van der Waals surface area contributed by atoms with Crippen LogP contribution in [0.4, 0.5) is 5.82 Å². The lowest BCUT2D eigenvalue weighted by molar-refractivity contribution is 0.102. The highest BCUT2D eigenvalue weighted by molar-refractivity contribution is 6.30. The Balaban J connectivity index is 1.60. The lowest BCUT2D eigenvalue weighted by atomic mass is 10.1. The van der Waals surface area contributed by atoms with E-state index in [1.807, 2.05) is 42.5 Å². The summed E-state index contributed by atoms with van der Waals surface area (Å²) in [5.74, 6) is -0.196. The lowest BCUT2D eigenvalue weighted by Gasteiger charge is -2.08. The average Bonchev–Trinajstić information content (AvgIpc) is 3.17. The topological polar surface area (TPSA) is 100 Å². The maximum atomic E-state index is 12.8. The molecule has 8 heteroatoms. The number of hydrogen-bond acceptors (Lipinski definition) is 4. The molecule has 2 aromatic carbocycles. The number of pyridine rings is 1. The van der Waals surface area contributed by atoms with Gasteiger partial charge in [-0.25, -0.2) is 4.68 Å². The molecule has 31 heavy (non-hydrogen) atoms. The minimum atomic E-state index is -0.567. The fourth-order valence-electron chi connectivity index (χ4n) is 3.17. The van der Waals surface area contributed by atoms with Crippen molar-refractivity contribution in [1.82, 2.24) is 14.8 Å². The van der Waals surface area contributed by atoms with Crippen molar-refractivity contribution in [2.75, 3.05) is 11.9 Å². The Hall–Kier alpha value is -3.68. The zero-order valence-corrected chi connectivity index (χ0v) is 17.1. The first kappa shape index (κ1) is 20.6. The highest BCUT2D eigenvalue weighted by Crippen LogP contribution is 2.24. The van der Waals surface area contributed by atoms with E-state index in [-0.39, 0.29) is 18.7 Å². The van der Waals surface area contributed by atoms with E-state index in [2.05, 4.69) is 15.4 Å². The van der Waals surface area contributed by atoms with Crippen molar-refractivity contribution in [3.05, 3.63) is 93.7 Å². The third kappa shape index (κ3) is 4.58. The minimum Gasteiger partial charge on any atom is -0.394 e. The average molecular weight is 435 g/mol. The molecule has 0 aliphatic heterocycles. The summed E-state index contributed by atoms with van der Waals surface area (Å²) in [6.07, 6.45) is 0. The van der Waals surface area contributed by atoms with Crippen LogP contribution in [-0.4, -0.2) is 32.4 Å². The Labute approximate surface area is 182 Å². The maximum absolute atomic E-state index is 12.8. The summed E-state index contributed by atoms with van der Waals surface area (Å²) in [5, 5.41) is 17.1. The molecule has 0 unspecified atom stereocenters. The van der Waals surface area contributed by atoms with Gasteiger partial charge in [0.1, 0.15) is 11.4 Å². The molecule has 1 amide bonds. The number of amides is 1. The van der Waals surface area contributed by atoms with Crippen LogP contribution in [0.25, 0.3) is 22.5 Å². The van der Waals surface area contributed by atoms with Crippen LogP contribution in [0.5, 0.6) is 0 Å². The molecule has 156 valence electrons. The Bertz CT molecular complexity index is 1260. The fourth-order valence-corrected chi connectivity index (χ4v) is 3.29. The Morgan fingerprint density at radius 1 is 1.03 bits per heavy atom. The zero-order valence-electron chi connectivity index (χ0n) is 16.4. The molecule has 4 rings (SSSR count). The number of nitrogens with zero attached hydrogens (tertiary/aromatic N) is 2. The van der Waals surface area contributed by atoms with E-state index in [0.717, 1.165) is 11.1 Å². The monoisotopic (exact) mass is 434 g/mol. The predicted molar refractivity (Wildman–Crippen MR) is 120 cm³/mol. The van der Waals surface area contributed by atoms with Gasteiger partial charge < -0.3 is 15.4 Å². The highest BCUT2D eigenvalue weighted by Gasteiger charge is 2.16. The van der Waals surface area contributed by atoms with Gasteiger partial charge in [-0.15, -0.1) is 0 Å². The van der Waals surface area contributed by atoms with Crippen molar-refractivity contribution in [2.24, 2.45) is 0 Å². The molecule has 0 bridgehead atoms. The summed E-state index contributed by atoms with van der Waals surface area (Å²) >= 11 is 5.94. The highest BCUT2D eigenvalue weighted by atomic mass is 35.5. The number of carbonyl (C=O) groups is 1. The molecule has 3 N–H and O–H groups in total. The molecule has 0 spiro atoms. The van der Waals surface area contributed by atoms with Gasteiger partial charge in [-0.05, 0) is 29.8 Å². The number of aromatic nitrogens is 3. The quantitative estimate of drug-likeness (QED) is 0.429. The molecule has 0 saturated heterocycles. The van der Waals surface area contributed by atoms with Gasteiger partial charge in [0.25, 0.3) is 11.5 Å². The number of aromatic amines is 1. The smallest absolute Gasteiger partial charge is 0.262 e. The molecule has 0 saturated carbocycles. The van der Waals surface area contributed by atoms with Gasteiger partial charge >= 0.3 is 0 Å². The third-order valence-electron chi connectivity index (χ3n) is 4.71. The summed E-state index contributed by atoms with van der Waals surface area (Å²) in [5.41, 5.74) is 2.36. The number of benzene rings is 2. The summed E-state index contributed by atoms with van der Waals surface area (Å²) in [7, 11) is 0. The predicted octanol–water partition coefficient (Wildman–Crippen LogP) is 3.80. The van der Waals surface area contributed by atoms with E-state index < -0.39 is 11.5 Å². The van der Waals surface area contributed by atoms with Crippen LogP contribution in [-0.2, 0) is 6.54 Å². The molecule has 0 atom stereocenters. The van der Waals surface area contributed by atoms with Crippen LogP contribution in [0.1, 0.15) is 10.4 Å². The summed E-state index contributed by atoms with van der Waals surface area (Å²) < 4.78 is 1.48. The van der Waals surface area contributed by atoms with Crippen LogP contribution in [0.15, 0.2) is 77.6 Å². The van der Waals surface area contributed by atoms with E-state index in [0.29, 0.717) is 22.2 Å². The number of nitrogens with one attached hydrogen (secondary N) is 2. The number of rotatable bonds is 6. The summed E-state index contributed by atoms with van der Waals surface area (Å²) in [6.45, 7) is 0.0312. The largest absolute Gasteiger partial charge is 0.394 e. The van der Waals surface area contributed by atoms with Crippen molar-refractivity contribution in [1.29, 1.82) is 0 Å². The van der Waals surface area contributed by atoms with Gasteiger partial charge in [0.15, 0.2) is 0 Å². The van der Waals surface area contributed by atoms with E-state index >= 15 is 0 Å². The molecule has 2 heterocycles. The van der Waals surface area contributed by atoms with Crippen LogP contribution in [0.2, 0.25) is 5.02 Å². The van der Waals surface area contributed by atoms with Crippen molar-refractivity contribution in [3.63, 3.8) is 0 Å². The minimum absolute atomic E-state index is 0.0236. The molecule has 0 radical (unpaired) electrons. The molecular formula is C23H19ClN4O3. The SMILES string of the molecule is O=C(Nc1cc(-c2ccc(Cl)cc2)nn1CCO)c1ccc(-c2ccccc2)[nH]c1=O. The summed E-state index contributed by atoms with van der Waals surface area (Å²) in [6, 6.07) is 21.3. The van der Waals surface area contributed by atoms with E-state index in [1.165, 1.54) is 10.7 Å². The molecular weight excluding hydrogens is 416 g/mol. The number of H-pyrrole nitrogens is 1. The normalized spacial score (nSPS) is 10.8. The molecule has 0 aliphatic rings. The molecule has 2 aromatic heterocycles. The Kier molecular flexibility index (Phi) is 5.97. The van der Waals surface area contributed by atoms with E-state index in [4.69, 9.17) is 11.6 Å². The van der Waals surface area contributed by atoms with Gasteiger partial charge in [-0.2, -0.15) is 5.10 Å². The third-order valence-corrected chi connectivity index (χ3v) is 4.96. The van der Waals surface area contributed by atoms with Gasteiger partial charge in [0, 0.05) is 22.3 Å². The lowest BCUT2D eigenvalue weighted by Crippen LogP contribution is -2.24. The number of hydrogen-bond donors (Lipinski definition) is 3. The standard InChI is InChI=1S/C23H19ClN4O3/c24-17-8-6-16(7-9-17)20-14-21(28(27-20)12-13-29)26-23(31)18-10-11-19(25-22(18)30)15-4-2-1-3-5-15/h1-11,14,29H,12-13H2,(H,25,30)(H,26,31). The maximum Gasteiger partial charge on any atom is 0.262 e. The van der Waals surface area contributed by atoms with Crippen molar-refractivity contribution < 1.29 is 9.90 Å². The Morgan fingerprint density at radius 2 is 1.77 bits per heavy atom. The second-order valence-corrected chi connectivity index (χ2v) is 7.24. The van der Waals surface area contributed by atoms with Crippen LogP contribution in [0, 0.1) is 0 Å². The first-order chi connectivity index (χ1) is 15.0. The second kappa shape index (κ2) is 8.99. The zero-order chi connectivity index (χ0) is 21.8. The Morgan fingerprint density at radius 3 is 2.45 bits per heavy atom.